The summed E-state index contributed by atoms with van der Waals surface area (Å²) in [5, 5.41) is 12.3. The summed E-state index contributed by atoms with van der Waals surface area (Å²) in [4.78, 5) is 16.8. The van der Waals surface area contributed by atoms with Crippen LogP contribution in [-0.4, -0.2) is 55.0 Å². The number of piperazine rings is 1. The highest BCUT2D eigenvalue weighted by atomic mass is 16.2. The fraction of sp³-hybridized carbons (Fsp3) is 0.600. The summed E-state index contributed by atoms with van der Waals surface area (Å²) in [6, 6.07) is 9.56. The van der Waals surface area contributed by atoms with E-state index in [2.05, 4.69) is 48.9 Å². The number of rotatable bonds is 5. The summed E-state index contributed by atoms with van der Waals surface area (Å²) >= 11 is 0. The van der Waals surface area contributed by atoms with Gasteiger partial charge in [-0.3, -0.25) is 9.69 Å². The number of hydrogen-bond donors (Lipinski definition) is 1. The maximum absolute atomic E-state index is 12.3. The highest BCUT2D eigenvalue weighted by molar-refractivity contribution is 5.79. The third-order valence-corrected chi connectivity index (χ3v) is 4.82. The van der Waals surface area contributed by atoms with Gasteiger partial charge in [0.15, 0.2) is 0 Å². The normalized spacial score (nSPS) is 17.7. The molecule has 0 unspecified atom stereocenters. The molecule has 1 fully saturated rings. The van der Waals surface area contributed by atoms with E-state index < -0.39 is 6.04 Å². The van der Waals surface area contributed by atoms with E-state index in [1.165, 1.54) is 5.56 Å². The molecule has 1 saturated heterocycles. The molecule has 0 saturated carbocycles. The zero-order valence-electron chi connectivity index (χ0n) is 15.9. The first kappa shape index (κ1) is 19.4. The Balaban J connectivity index is 1.91. The van der Waals surface area contributed by atoms with Crippen LogP contribution in [0.15, 0.2) is 24.3 Å². The molecule has 1 aliphatic heterocycles. The van der Waals surface area contributed by atoms with Crippen LogP contribution in [0, 0.1) is 11.3 Å². The van der Waals surface area contributed by atoms with Crippen molar-refractivity contribution in [1.82, 2.24) is 15.1 Å². The van der Waals surface area contributed by atoms with E-state index in [-0.39, 0.29) is 11.3 Å². The first-order valence-corrected chi connectivity index (χ1v) is 9.07. The van der Waals surface area contributed by atoms with Crippen molar-refractivity contribution in [3.05, 3.63) is 35.4 Å². The number of nitriles is 1. The van der Waals surface area contributed by atoms with Crippen LogP contribution in [0.25, 0.3) is 0 Å². The SMILES string of the molecule is CCN1CCN(CC(=O)N[C@@H](C#N)c2ccc(C(C)(C)C)cc2)CC1. The molecule has 0 spiro atoms. The highest BCUT2D eigenvalue weighted by Crippen LogP contribution is 2.23. The number of hydrogen-bond acceptors (Lipinski definition) is 4. The van der Waals surface area contributed by atoms with Crippen LogP contribution in [0.3, 0.4) is 0 Å². The van der Waals surface area contributed by atoms with Gasteiger partial charge in [-0.15, -0.1) is 0 Å². The van der Waals surface area contributed by atoms with Crippen molar-refractivity contribution in [3.63, 3.8) is 0 Å². The third-order valence-electron chi connectivity index (χ3n) is 4.82. The predicted molar refractivity (Wildman–Crippen MR) is 100 cm³/mol. The van der Waals surface area contributed by atoms with Gasteiger partial charge in [0, 0.05) is 26.2 Å². The molecule has 136 valence electrons. The second kappa shape index (κ2) is 8.46. The Hall–Kier alpha value is -1.90. The van der Waals surface area contributed by atoms with Crippen LogP contribution < -0.4 is 5.32 Å². The summed E-state index contributed by atoms with van der Waals surface area (Å²) in [6.07, 6.45) is 0. The smallest absolute Gasteiger partial charge is 0.235 e. The maximum Gasteiger partial charge on any atom is 0.235 e. The van der Waals surface area contributed by atoms with E-state index in [9.17, 15) is 10.1 Å². The van der Waals surface area contributed by atoms with Gasteiger partial charge in [-0.2, -0.15) is 5.26 Å². The molecule has 1 amide bonds. The molecule has 1 N–H and O–H groups in total. The largest absolute Gasteiger partial charge is 0.336 e. The quantitative estimate of drug-likeness (QED) is 0.892. The molecule has 0 aliphatic carbocycles. The Bertz CT molecular complexity index is 604. The molecular formula is C20H30N4O. The van der Waals surface area contributed by atoms with E-state index in [4.69, 9.17) is 0 Å². The van der Waals surface area contributed by atoms with Gasteiger partial charge < -0.3 is 10.2 Å². The van der Waals surface area contributed by atoms with Crippen LogP contribution in [0.4, 0.5) is 0 Å². The van der Waals surface area contributed by atoms with Crippen molar-refractivity contribution in [2.45, 2.75) is 39.2 Å². The van der Waals surface area contributed by atoms with E-state index in [1.54, 1.807) is 0 Å². The van der Waals surface area contributed by atoms with Crippen LogP contribution in [0.1, 0.15) is 44.9 Å². The topological polar surface area (TPSA) is 59.4 Å². The second-order valence-corrected chi connectivity index (χ2v) is 7.71. The average Bonchev–Trinajstić information content (AvgIpc) is 2.59. The number of likely N-dealkylation sites (N-methyl/N-ethyl adjacent to an activating group) is 1. The summed E-state index contributed by atoms with van der Waals surface area (Å²) in [7, 11) is 0. The van der Waals surface area contributed by atoms with Crippen LogP contribution in [0.5, 0.6) is 0 Å². The van der Waals surface area contributed by atoms with Gasteiger partial charge in [0.25, 0.3) is 0 Å². The van der Waals surface area contributed by atoms with Crippen molar-refractivity contribution in [1.29, 1.82) is 5.26 Å². The second-order valence-electron chi connectivity index (χ2n) is 7.71. The molecule has 1 aromatic rings. The number of nitrogens with zero attached hydrogens (tertiary/aromatic N) is 3. The number of carbonyl (C=O) groups excluding carboxylic acids is 1. The number of nitrogens with one attached hydrogen (secondary N) is 1. The Morgan fingerprint density at radius 2 is 1.72 bits per heavy atom. The van der Waals surface area contributed by atoms with Crippen molar-refractivity contribution < 1.29 is 4.79 Å². The van der Waals surface area contributed by atoms with Crippen LogP contribution in [0.2, 0.25) is 0 Å². The summed E-state index contributed by atoms with van der Waals surface area (Å²) < 4.78 is 0. The lowest BCUT2D eigenvalue weighted by atomic mass is 9.86. The fourth-order valence-corrected chi connectivity index (χ4v) is 3.04. The van der Waals surface area contributed by atoms with Gasteiger partial charge >= 0.3 is 0 Å². The average molecular weight is 342 g/mol. The van der Waals surface area contributed by atoms with Gasteiger partial charge in [0.2, 0.25) is 5.91 Å². The molecule has 5 nitrogen and oxygen atoms in total. The van der Waals surface area contributed by atoms with Gasteiger partial charge in [0.1, 0.15) is 6.04 Å². The Labute approximate surface area is 151 Å². The Morgan fingerprint density at radius 1 is 1.16 bits per heavy atom. The van der Waals surface area contributed by atoms with Gasteiger partial charge in [0.05, 0.1) is 12.6 Å². The molecule has 0 bridgehead atoms. The Morgan fingerprint density at radius 3 is 2.20 bits per heavy atom. The summed E-state index contributed by atoms with van der Waals surface area (Å²) in [5.74, 6) is -0.0867. The molecule has 5 heteroatoms. The fourth-order valence-electron chi connectivity index (χ4n) is 3.04. The van der Waals surface area contributed by atoms with Crippen molar-refractivity contribution in [3.8, 4) is 6.07 Å². The minimum absolute atomic E-state index is 0.0740. The van der Waals surface area contributed by atoms with Gasteiger partial charge in [-0.25, -0.2) is 0 Å². The van der Waals surface area contributed by atoms with Gasteiger partial charge in [-0.1, -0.05) is 52.0 Å². The number of amides is 1. The van der Waals surface area contributed by atoms with E-state index in [0.717, 1.165) is 38.3 Å². The van der Waals surface area contributed by atoms with Crippen LogP contribution >= 0.6 is 0 Å². The zero-order chi connectivity index (χ0) is 18.4. The Kier molecular flexibility index (Phi) is 6.57. The summed E-state index contributed by atoms with van der Waals surface area (Å²) in [5.41, 5.74) is 2.12. The first-order chi connectivity index (χ1) is 11.8. The van der Waals surface area contributed by atoms with Crippen LogP contribution in [-0.2, 0) is 10.2 Å². The molecule has 0 aromatic heterocycles. The lowest BCUT2D eigenvalue weighted by Gasteiger charge is -2.33. The summed E-state index contributed by atoms with van der Waals surface area (Å²) in [6.45, 7) is 13.8. The lowest BCUT2D eigenvalue weighted by molar-refractivity contribution is -0.123. The lowest BCUT2D eigenvalue weighted by Crippen LogP contribution is -2.49. The minimum atomic E-state index is -0.599. The molecule has 1 aliphatic rings. The van der Waals surface area contributed by atoms with E-state index in [1.807, 2.05) is 24.3 Å². The molecule has 0 radical (unpaired) electrons. The minimum Gasteiger partial charge on any atom is -0.336 e. The molecule has 25 heavy (non-hydrogen) atoms. The van der Waals surface area contributed by atoms with Crippen molar-refractivity contribution in [2.75, 3.05) is 39.3 Å². The molecular weight excluding hydrogens is 312 g/mol. The molecule has 2 rings (SSSR count). The van der Waals surface area contributed by atoms with Crippen molar-refractivity contribution in [2.24, 2.45) is 0 Å². The number of carbonyl (C=O) groups is 1. The predicted octanol–water partition coefficient (Wildman–Crippen LogP) is 2.30. The van der Waals surface area contributed by atoms with Gasteiger partial charge in [-0.05, 0) is 23.1 Å². The van der Waals surface area contributed by atoms with E-state index in [0.29, 0.717) is 6.54 Å². The highest BCUT2D eigenvalue weighted by Gasteiger charge is 2.20. The van der Waals surface area contributed by atoms with E-state index >= 15 is 0 Å². The standard InChI is InChI=1S/C20H30N4O/c1-5-23-10-12-24(13-11-23)15-19(25)22-18(14-21)16-6-8-17(9-7-16)20(2,3)4/h6-9,18H,5,10-13,15H2,1-4H3,(H,22,25)/t18-/m0/s1. The third kappa shape index (κ3) is 5.55. The molecule has 1 heterocycles. The first-order valence-electron chi connectivity index (χ1n) is 9.07. The molecule has 1 atom stereocenters. The molecule has 1 aromatic carbocycles. The monoisotopic (exact) mass is 342 g/mol. The number of benzene rings is 1. The zero-order valence-corrected chi connectivity index (χ0v) is 15.9. The maximum atomic E-state index is 12.3. The van der Waals surface area contributed by atoms with Crippen molar-refractivity contribution >= 4 is 5.91 Å².